The van der Waals surface area contributed by atoms with Gasteiger partial charge in [-0.15, -0.1) is 0 Å². The Kier molecular flexibility index (Phi) is 5.89. The van der Waals surface area contributed by atoms with Gasteiger partial charge in [0.1, 0.15) is 17.3 Å². The van der Waals surface area contributed by atoms with E-state index < -0.39 is 0 Å². The molecule has 0 spiro atoms. The quantitative estimate of drug-likeness (QED) is 0.650. The smallest absolute Gasteiger partial charge is 0.144 e. The van der Waals surface area contributed by atoms with Crippen molar-refractivity contribution < 1.29 is 4.74 Å². The third-order valence-corrected chi connectivity index (χ3v) is 4.17. The SMILES string of the molecule is CCCNc1c(OC)cc(CNc2ccccn2)c(Br)c1N. The highest BCUT2D eigenvalue weighted by atomic mass is 79.9. The van der Waals surface area contributed by atoms with E-state index in [1.807, 2.05) is 24.3 Å². The second-order valence-corrected chi connectivity index (χ2v) is 5.63. The number of aromatic nitrogens is 1. The Morgan fingerprint density at radius 1 is 1.32 bits per heavy atom. The number of hydrogen-bond acceptors (Lipinski definition) is 5. The summed E-state index contributed by atoms with van der Waals surface area (Å²) in [4.78, 5) is 4.25. The minimum absolute atomic E-state index is 0.603. The van der Waals surface area contributed by atoms with Crippen molar-refractivity contribution in [1.82, 2.24) is 4.98 Å². The molecule has 1 aromatic heterocycles. The number of nitrogen functional groups attached to an aromatic ring is 1. The van der Waals surface area contributed by atoms with Crippen molar-refractivity contribution in [2.75, 3.05) is 30.0 Å². The van der Waals surface area contributed by atoms with E-state index in [1.54, 1.807) is 13.3 Å². The lowest BCUT2D eigenvalue weighted by molar-refractivity contribution is 0.416. The van der Waals surface area contributed by atoms with Crippen LogP contribution in [0.4, 0.5) is 17.2 Å². The predicted molar refractivity (Wildman–Crippen MR) is 95.5 cm³/mol. The first kappa shape index (κ1) is 16.4. The van der Waals surface area contributed by atoms with Gasteiger partial charge in [-0.3, -0.25) is 0 Å². The molecule has 5 nitrogen and oxygen atoms in total. The summed E-state index contributed by atoms with van der Waals surface area (Å²) in [5, 5.41) is 6.58. The average Bonchev–Trinajstić information content (AvgIpc) is 2.56. The van der Waals surface area contributed by atoms with Crippen LogP contribution in [0.3, 0.4) is 0 Å². The molecule has 0 aliphatic heterocycles. The number of hydrogen-bond donors (Lipinski definition) is 3. The molecule has 2 aromatic rings. The Morgan fingerprint density at radius 2 is 2.14 bits per heavy atom. The molecular formula is C16H21BrN4O. The van der Waals surface area contributed by atoms with Gasteiger partial charge < -0.3 is 21.1 Å². The molecule has 2 rings (SSSR count). The number of nitrogens with two attached hydrogens (primary N) is 1. The molecule has 0 unspecified atom stereocenters. The standard InChI is InChI=1S/C16H21BrN4O/c1-3-7-20-16-12(22-2)9-11(14(17)15(16)18)10-21-13-6-4-5-8-19-13/h4-6,8-9,20H,3,7,10,18H2,1-2H3,(H,19,21). The van der Waals surface area contributed by atoms with Crippen LogP contribution in [0.15, 0.2) is 34.9 Å². The fraction of sp³-hybridized carbons (Fsp3) is 0.312. The molecule has 0 bridgehead atoms. The number of nitrogens with one attached hydrogen (secondary N) is 2. The Hall–Kier alpha value is -1.95. The number of anilines is 3. The Balaban J connectivity index is 2.23. The number of pyridine rings is 1. The monoisotopic (exact) mass is 364 g/mol. The lowest BCUT2D eigenvalue weighted by Gasteiger charge is -2.18. The summed E-state index contributed by atoms with van der Waals surface area (Å²) >= 11 is 3.58. The highest BCUT2D eigenvalue weighted by Gasteiger charge is 2.14. The molecule has 0 amide bonds. The molecule has 1 heterocycles. The first-order chi connectivity index (χ1) is 10.7. The zero-order valence-corrected chi connectivity index (χ0v) is 14.4. The van der Waals surface area contributed by atoms with E-state index in [2.05, 4.69) is 38.5 Å². The minimum atomic E-state index is 0.603. The fourth-order valence-corrected chi connectivity index (χ4v) is 2.54. The normalized spacial score (nSPS) is 10.3. The molecule has 4 N–H and O–H groups in total. The van der Waals surface area contributed by atoms with Gasteiger partial charge in [-0.2, -0.15) is 0 Å². The molecular weight excluding hydrogens is 344 g/mol. The van der Waals surface area contributed by atoms with E-state index in [0.29, 0.717) is 12.2 Å². The maximum atomic E-state index is 6.24. The second kappa shape index (κ2) is 7.89. The van der Waals surface area contributed by atoms with Crippen molar-refractivity contribution >= 4 is 33.1 Å². The zero-order valence-electron chi connectivity index (χ0n) is 12.8. The van der Waals surface area contributed by atoms with Gasteiger partial charge in [0, 0.05) is 23.8 Å². The van der Waals surface area contributed by atoms with Crippen LogP contribution in [0.25, 0.3) is 0 Å². The topological polar surface area (TPSA) is 72.2 Å². The van der Waals surface area contributed by atoms with Gasteiger partial charge in [-0.05, 0) is 46.1 Å². The maximum absolute atomic E-state index is 6.24. The van der Waals surface area contributed by atoms with Crippen LogP contribution in [0.5, 0.6) is 5.75 Å². The lowest BCUT2D eigenvalue weighted by atomic mass is 10.1. The highest BCUT2D eigenvalue weighted by Crippen LogP contribution is 2.39. The average molecular weight is 365 g/mol. The van der Waals surface area contributed by atoms with E-state index in [0.717, 1.165) is 40.3 Å². The second-order valence-electron chi connectivity index (χ2n) is 4.84. The first-order valence-electron chi connectivity index (χ1n) is 7.21. The van der Waals surface area contributed by atoms with E-state index in [9.17, 15) is 0 Å². The molecule has 0 saturated carbocycles. The summed E-state index contributed by atoms with van der Waals surface area (Å²) in [7, 11) is 1.65. The number of nitrogens with zero attached hydrogens (tertiary/aromatic N) is 1. The van der Waals surface area contributed by atoms with Crippen molar-refractivity contribution in [3.63, 3.8) is 0 Å². The Bertz CT molecular complexity index is 619. The van der Waals surface area contributed by atoms with Gasteiger partial charge in [-0.25, -0.2) is 4.98 Å². The van der Waals surface area contributed by atoms with Gasteiger partial charge in [-0.1, -0.05) is 13.0 Å². The number of rotatable bonds is 7. The van der Waals surface area contributed by atoms with Crippen LogP contribution in [-0.2, 0) is 6.54 Å². The van der Waals surface area contributed by atoms with Crippen LogP contribution >= 0.6 is 15.9 Å². The largest absolute Gasteiger partial charge is 0.494 e. The van der Waals surface area contributed by atoms with Crippen LogP contribution in [-0.4, -0.2) is 18.6 Å². The molecule has 118 valence electrons. The van der Waals surface area contributed by atoms with E-state index in [-0.39, 0.29) is 0 Å². The van der Waals surface area contributed by atoms with Gasteiger partial charge >= 0.3 is 0 Å². The number of methoxy groups -OCH3 is 1. The Morgan fingerprint density at radius 3 is 2.77 bits per heavy atom. The maximum Gasteiger partial charge on any atom is 0.144 e. The number of ether oxygens (including phenoxy) is 1. The predicted octanol–water partition coefficient (Wildman–Crippen LogP) is 3.87. The summed E-state index contributed by atoms with van der Waals surface area (Å²) in [5.74, 6) is 1.56. The van der Waals surface area contributed by atoms with Gasteiger partial charge in [0.15, 0.2) is 0 Å². The van der Waals surface area contributed by atoms with Crippen molar-refractivity contribution in [3.8, 4) is 5.75 Å². The fourth-order valence-electron chi connectivity index (χ4n) is 2.08. The van der Waals surface area contributed by atoms with Crippen molar-refractivity contribution in [1.29, 1.82) is 0 Å². The zero-order chi connectivity index (χ0) is 15.9. The molecule has 0 aliphatic carbocycles. The summed E-state index contributed by atoms with van der Waals surface area (Å²) in [6, 6.07) is 7.73. The summed E-state index contributed by atoms with van der Waals surface area (Å²) < 4.78 is 6.33. The third-order valence-electron chi connectivity index (χ3n) is 3.24. The third kappa shape index (κ3) is 3.82. The van der Waals surface area contributed by atoms with Crippen molar-refractivity contribution in [3.05, 3.63) is 40.5 Å². The molecule has 1 aromatic carbocycles. The minimum Gasteiger partial charge on any atom is -0.494 e. The van der Waals surface area contributed by atoms with E-state index >= 15 is 0 Å². The summed E-state index contributed by atoms with van der Waals surface area (Å²) in [5.41, 5.74) is 8.74. The number of halogens is 1. The van der Waals surface area contributed by atoms with Crippen LogP contribution in [0, 0.1) is 0 Å². The van der Waals surface area contributed by atoms with Crippen molar-refractivity contribution in [2.24, 2.45) is 0 Å². The molecule has 0 aliphatic rings. The summed E-state index contributed by atoms with van der Waals surface area (Å²) in [6.07, 6.45) is 2.77. The molecule has 6 heteroatoms. The molecule has 0 fully saturated rings. The molecule has 0 saturated heterocycles. The lowest BCUT2D eigenvalue weighted by Crippen LogP contribution is -2.09. The molecule has 0 atom stereocenters. The van der Waals surface area contributed by atoms with Crippen LogP contribution in [0.1, 0.15) is 18.9 Å². The van der Waals surface area contributed by atoms with E-state index in [1.165, 1.54) is 0 Å². The molecule has 0 radical (unpaired) electrons. The van der Waals surface area contributed by atoms with E-state index in [4.69, 9.17) is 10.5 Å². The van der Waals surface area contributed by atoms with Crippen molar-refractivity contribution in [2.45, 2.75) is 19.9 Å². The van der Waals surface area contributed by atoms with Gasteiger partial charge in [0.2, 0.25) is 0 Å². The highest BCUT2D eigenvalue weighted by molar-refractivity contribution is 9.10. The van der Waals surface area contributed by atoms with Gasteiger partial charge in [0.05, 0.1) is 12.8 Å². The number of benzene rings is 1. The summed E-state index contributed by atoms with van der Waals surface area (Å²) in [6.45, 7) is 3.56. The Labute approximate surface area is 139 Å². The van der Waals surface area contributed by atoms with Crippen LogP contribution in [0.2, 0.25) is 0 Å². The first-order valence-corrected chi connectivity index (χ1v) is 8.00. The molecule has 22 heavy (non-hydrogen) atoms. The van der Waals surface area contributed by atoms with Crippen LogP contribution < -0.4 is 21.1 Å². The van der Waals surface area contributed by atoms with Gasteiger partial charge in [0.25, 0.3) is 0 Å².